The largest absolute Gasteiger partial charge is 0.299 e. The molecular formula is C28H28N4OS. The first kappa shape index (κ1) is 22.4. The van der Waals surface area contributed by atoms with E-state index in [2.05, 4.69) is 62.9 Å². The summed E-state index contributed by atoms with van der Waals surface area (Å²) in [7, 11) is 0. The van der Waals surface area contributed by atoms with Gasteiger partial charge in [-0.2, -0.15) is 0 Å². The van der Waals surface area contributed by atoms with Crippen molar-refractivity contribution in [1.82, 2.24) is 15.1 Å². The van der Waals surface area contributed by atoms with Gasteiger partial charge >= 0.3 is 0 Å². The van der Waals surface area contributed by atoms with Crippen molar-refractivity contribution in [3.05, 3.63) is 102 Å². The summed E-state index contributed by atoms with van der Waals surface area (Å²) in [6.45, 7) is 3.18. The minimum Gasteiger partial charge on any atom is -0.299 e. The first-order chi connectivity index (χ1) is 16.7. The highest BCUT2D eigenvalue weighted by molar-refractivity contribution is 7.18. The molecule has 0 aliphatic carbocycles. The van der Waals surface area contributed by atoms with Crippen molar-refractivity contribution in [2.75, 3.05) is 18.4 Å². The van der Waals surface area contributed by atoms with Gasteiger partial charge < -0.3 is 0 Å². The number of carbonyl (C=O) groups is 1. The molecule has 34 heavy (non-hydrogen) atoms. The number of rotatable bonds is 7. The summed E-state index contributed by atoms with van der Waals surface area (Å²) >= 11 is 1.38. The molecule has 1 fully saturated rings. The molecule has 2 heterocycles. The summed E-state index contributed by atoms with van der Waals surface area (Å²) < 4.78 is 0. The van der Waals surface area contributed by atoms with E-state index in [-0.39, 0.29) is 5.91 Å². The molecule has 1 amide bonds. The molecule has 0 unspecified atom stereocenters. The Morgan fingerprint density at radius 3 is 2.24 bits per heavy atom. The maximum Gasteiger partial charge on any atom is 0.257 e. The van der Waals surface area contributed by atoms with Gasteiger partial charge in [-0.25, -0.2) is 0 Å². The molecule has 1 aromatic heterocycles. The third kappa shape index (κ3) is 5.76. The fourth-order valence-corrected chi connectivity index (χ4v) is 5.20. The number of anilines is 1. The number of aromatic nitrogens is 2. The molecule has 0 spiro atoms. The number of hydrogen-bond donors (Lipinski definition) is 1. The third-order valence-corrected chi connectivity index (χ3v) is 7.25. The summed E-state index contributed by atoms with van der Waals surface area (Å²) in [6, 6.07) is 28.6. The van der Waals surface area contributed by atoms with Gasteiger partial charge in [0.1, 0.15) is 5.01 Å². The molecule has 0 atom stereocenters. The highest BCUT2D eigenvalue weighted by Gasteiger charge is 2.19. The van der Waals surface area contributed by atoms with Crippen molar-refractivity contribution in [1.29, 1.82) is 0 Å². The average Bonchev–Trinajstić information content (AvgIpc) is 3.35. The van der Waals surface area contributed by atoms with Crippen LogP contribution >= 0.6 is 11.3 Å². The van der Waals surface area contributed by atoms with Gasteiger partial charge in [-0.3, -0.25) is 15.0 Å². The smallest absolute Gasteiger partial charge is 0.257 e. The Bertz CT molecular complexity index is 1200. The van der Waals surface area contributed by atoms with Crippen molar-refractivity contribution in [3.63, 3.8) is 0 Å². The van der Waals surface area contributed by atoms with Crippen molar-refractivity contribution >= 4 is 22.4 Å². The maximum atomic E-state index is 12.7. The molecule has 0 bridgehead atoms. The second-order valence-corrected chi connectivity index (χ2v) is 9.82. The van der Waals surface area contributed by atoms with E-state index in [4.69, 9.17) is 0 Å². The first-order valence-electron chi connectivity index (χ1n) is 11.8. The molecule has 1 aliphatic heterocycles. The Hall–Kier alpha value is -3.35. The Morgan fingerprint density at radius 2 is 1.53 bits per heavy atom. The Balaban J connectivity index is 1.11. The molecule has 5 rings (SSSR count). The number of likely N-dealkylation sites (tertiary alicyclic amines) is 1. The van der Waals surface area contributed by atoms with Crippen LogP contribution in [0.3, 0.4) is 0 Å². The Labute approximate surface area is 204 Å². The van der Waals surface area contributed by atoms with Gasteiger partial charge in [-0.1, -0.05) is 84.1 Å². The van der Waals surface area contributed by atoms with Gasteiger partial charge in [0.15, 0.2) is 0 Å². The summed E-state index contributed by atoms with van der Waals surface area (Å²) in [5.74, 6) is 0.608. The van der Waals surface area contributed by atoms with Crippen LogP contribution in [0.1, 0.15) is 34.3 Å². The van der Waals surface area contributed by atoms with Crippen LogP contribution in [-0.4, -0.2) is 34.1 Å². The molecule has 172 valence electrons. The highest BCUT2D eigenvalue weighted by Crippen LogP contribution is 2.26. The van der Waals surface area contributed by atoms with Gasteiger partial charge in [0.05, 0.1) is 0 Å². The van der Waals surface area contributed by atoms with Crippen LogP contribution in [0.2, 0.25) is 0 Å². The zero-order valence-electron chi connectivity index (χ0n) is 19.1. The van der Waals surface area contributed by atoms with Gasteiger partial charge in [-0.15, -0.1) is 10.2 Å². The van der Waals surface area contributed by atoms with Crippen LogP contribution < -0.4 is 5.32 Å². The van der Waals surface area contributed by atoms with Crippen molar-refractivity contribution in [2.45, 2.75) is 25.8 Å². The fourth-order valence-electron chi connectivity index (χ4n) is 4.46. The van der Waals surface area contributed by atoms with Crippen LogP contribution in [0, 0.1) is 5.92 Å². The molecule has 1 saturated heterocycles. The molecule has 0 saturated carbocycles. The Morgan fingerprint density at radius 1 is 0.853 bits per heavy atom. The lowest BCUT2D eigenvalue weighted by Crippen LogP contribution is -2.33. The van der Waals surface area contributed by atoms with Crippen LogP contribution in [0.25, 0.3) is 10.6 Å². The average molecular weight is 469 g/mol. The standard InChI is InChI=1S/C28H28N4OS/c33-26(29-28-31-30-27(34-28)25-9-5-2-6-10-25)24-13-11-23(12-14-24)20-32-17-15-22(16-18-32)19-21-7-3-1-4-8-21/h1-14,22H,15-20H2,(H,29,31,33). The van der Waals surface area contributed by atoms with Crippen LogP contribution in [0.5, 0.6) is 0 Å². The fraction of sp³-hybridized carbons (Fsp3) is 0.250. The second-order valence-electron chi connectivity index (χ2n) is 8.84. The molecule has 4 aromatic rings. The number of amides is 1. The SMILES string of the molecule is O=C(Nc1nnc(-c2ccccc2)s1)c1ccc(CN2CCC(Cc3ccccc3)CC2)cc1. The van der Waals surface area contributed by atoms with Gasteiger partial charge in [0, 0.05) is 17.7 Å². The molecule has 1 N–H and O–H groups in total. The van der Waals surface area contributed by atoms with Crippen molar-refractivity contribution in [3.8, 4) is 10.6 Å². The van der Waals surface area contributed by atoms with E-state index >= 15 is 0 Å². The molecule has 1 aliphatic rings. The van der Waals surface area contributed by atoms with Gasteiger partial charge in [0.2, 0.25) is 5.13 Å². The molecule has 3 aromatic carbocycles. The minimum atomic E-state index is -0.163. The number of nitrogens with one attached hydrogen (secondary N) is 1. The zero-order valence-corrected chi connectivity index (χ0v) is 19.9. The normalized spacial score (nSPS) is 14.7. The summed E-state index contributed by atoms with van der Waals surface area (Å²) in [4.78, 5) is 15.2. The van der Waals surface area contributed by atoms with Gasteiger partial charge in [-0.05, 0) is 61.5 Å². The van der Waals surface area contributed by atoms with Gasteiger partial charge in [0.25, 0.3) is 5.91 Å². The molecule has 5 nitrogen and oxygen atoms in total. The van der Waals surface area contributed by atoms with E-state index in [0.29, 0.717) is 10.7 Å². The van der Waals surface area contributed by atoms with Crippen molar-refractivity contribution in [2.24, 2.45) is 5.92 Å². The molecule has 6 heteroatoms. The lowest BCUT2D eigenvalue weighted by Gasteiger charge is -2.32. The van der Waals surface area contributed by atoms with Crippen molar-refractivity contribution < 1.29 is 4.79 Å². The molecule has 0 radical (unpaired) electrons. The predicted molar refractivity (Wildman–Crippen MR) is 138 cm³/mol. The monoisotopic (exact) mass is 468 g/mol. The summed E-state index contributed by atoms with van der Waals surface area (Å²) in [5, 5.41) is 12.5. The minimum absolute atomic E-state index is 0.163. The van der Waals surface area contributed by atoms with Crippen LogP contribution in [0.4, 0.5) is 5.13 Å². The summed E-state index contributed by atoms with van der Waals surface area (Å²) in [5.41, 5.74) is 4.30. The van der Waals surface area contributed by atoms with E-state index in [0.717, 1.165) is 36.1 Å². The quantitative estimate of drug-likeness (QED) is 0.366. The number of nitrogens with zero attached hydrogens (tertiary/aromatic N) is 3. The zero-order chi connectivity index (χ0) is 23.2. The van der Waals surface area contributed by atoms with Crippen LogP contribution in [-0.2, 0) is 13.0 Å². The highest BCUT2D eigenvalue weighted by atomic mass is 32.1. The van der Waals surface area contributed by atoms with E-state index in [1.165, 1.54) is 41.7 Å². The molecular weight excluding hydrogens is 440 g/mol. The third-order valence-electron chi connectivity index (χ3n) is 6.36. The number of hydrogen-bond acceptors (Lipinski definition) is 5. The predicted octanol–water partition coefficient (Wildman–Crippen LogP) is 5.91. The lowest BCUT2D eigenvalue weighted by molar-refractivity contribution is 0.102. The van der Waals surface area contributed by atoms with E-state index < -0.39 is 0 Å². The maximum absolute atomic E-state index is 12.7. The Kier molecular flexibility index (Phi) is 7.08. The van der Waals surface area contributed by atoms with E-state index in [1.54, 1.807) is 0 Å². The number of piperidine rings is 1. The first-order valence-corrected chi connectivity index (χ1v) is 12.6. The van der Waals surface area contributed by atoms with E-state index in [1.807, 2.05) is 42.5 Å². The summed E-state index contributed by atoms with van der Waals surface area (Å²) in [6.07, 6.45) is 3.66. The number of benzene rings is 3. The number of carbonyl (C=O) groups excluding carboxylic acids is 1. The topological polar surface area (TPSA) is 58.1 Å². The second kappa shape index (κ2) is 10.7. The lowest BCUT2D eigenvalue weighted by atomic mass is 9.90. The van der Waals surface area contributed by atoms with Crippen LogP contribution in [0.15, 0.2) is 84.9 Å². The van der Waals surface area contributed by atoms with E-state index in [9.17, 15) is 4.79 Å².